The largest absolute Gasteiger partial charge is 0.478 e. The highest BCUT2D eigenvalue weighted by molar-refractivity contribution is 7.94. The molecule has 4 nitrogen and oxygen atoms in total. The molecule has 5 heteroatoms. The van der Waals surface area contributed by atoms with Crippen molar-refractivity contribution in [2.75, 3.05) is 5.75 Å². The first-order chi connectivity index (χ1) is 5.83. The molecular formula is C8H14O4S. The standard InChI is InChI=1S/C8H14O4S/c1-7(2)3-5-13(11,12)6-4-8(9)10/h4,6-7H,3,5H2,1-2H3,(H,9,10)/b6-4+. The van der Waals surface area contributed by atoms with E-state index in [9.17, 15) is 13.2 Å². The Morgan fingerprint density at radius 2 is 2.00 bits per heavy atom. The van der Waals surface area contributed by atoms with E-state index < -0.39 is 15.8 Å². The van der Waals surface area contributed by atoms with Crippen LogP contribution >= 0.6 is 0 Å². The monoisotopic (exact) mass is 206 g/mol. The van der Waals surface area contributed by atoms with Crippen molar-refractivity contribution in [2.24, 2.45) is 5.92 Å². The van der Waals surface area contributed by atoms with Gasteiger partial charge in [0.15, 0.2) is 9.84 Å². The molecule has 0 amide bonds. The van der Waals surface area contributed by atoms with Gasteiger partial charge in [-0.1, -0.05) is 13.8 Å². The van der Waals surface area contributed by atoms with Gasteiger partial charge >= 0.3 is 5.97 Å². The fourth-order valence-corrected chi connectivity index (χ4v) is 1.89. The third-order valence-corrected chi connectivity index (χ3v) is 2.75. The van der Waals surface area contributed by atoms with Crippen molar-refractivity contribution in [3.05, 3.63) is 11.5 Å². The summed E-state index contributed by atoms with van der Waals surface area (Å²) in [5.74, 6) is -0.935. The molecule has 0 fully saturated rings. The summed E-state index contributed by atoms with van der Waals surface area (Å²) in [6.07, 6.45) is 1.20. The molecule has 0 aliphatic carbocycles. The summed E-state index contributed by atoms with van der Waals surface area (Å²) >= 11 is 0. The maximum absolute atomic E-state index is 11.1. The van der Waals surface area contributed by atoms with Crippen molar-refractivity contribution >= 4 is 15.8 Å². The maximum atomic E-state index is 11.1. The van der Waals surface area contributed by atoms with E-state index in [0.29, 0.717) is 18.4 Å². The number of carboxylic acid groups (broad SMARTS) is 1. The lowest BCUT2D eigenvalue weighted by atomic mass is 10.2. The van der Waals surface area contributed by atoms with Gasteiger partial charge in [-0.2, -0.15) is 0 Å². The zero-order chi connectivity index (χ0) is 10.5. The Hall–Kier alpha value is -0.840. The van der Waals surface area contributed by atoms with Gasteiger partial charge in [-0.25, -0.2) is 13.2 Å². The maximum Gasteiger partial charge on any atom is 0.329 e. The lowest BCUT2D eigenvalue weighted by molar-refractivity contribution is -0.131. The minimum absolute atomic E-state index is 0.00838. The highest BCUT2D eigenvalue weighted by Gasteiger charge is 2.07. The first kappa shape index (κ1) is 12.2. The van der Waals surface area contributed by atoms with E-state index in [1.807, 2.05) is 13.8 Å². The summed E-state index contributed by atoms with van der Waals surface area (Å²) in [6.45, 7) is 3.83. The van der Waals surface area contributed by atoms with Gasteiger partial charge in [-0.3, -0.25) is 0 Å². The molecule has 0 aromatic rings. The van der Waals surface area contributed by atoms with E-state index in [1.165, 1.54) is 0 Å². The van der Waals surface area contributed by atoms with Crippen LogP contribution in [0.2, 0.25) is 0 Å². The molecule has 0 bridgehead atoms. The van der Waals surface area contributed by atoms with Crippen molar-refractivity contribution in [1.29, 1.82) is 0 Å². The van der Waals surface area contributed by atoms with Gasteiger partial charge in [0.1, 0.15) is 0 Å². The summed E-state index contributed by atoms with van der Waals surface area (Å²) < 4.78 is 22.2. The third-order valence-electron chi connectivity index (χ3n) is 1.40. The number of hydrogen-bond donors (Lipinski definition) is 1. The van der Waals surface area contributed by atoms with E-state index in [1.54, 1.807) is 0 Å². The first-order valence-electron chi connectivity index (χ1n) is 3.97. The van der Waals surface area contributed by atoms with Crippen molar-refractivity contribution in [3.8, 4) is 0 Å². The van der Waals surface area contributed by atoms with Gasteiger partial charge in [-0.15, -0.1) is 0 Å². The second-order valence-corrected chi connectivity index (χ2v) is 5.20. The lowest BCUT2D eigenvalue weighted by Crippen LogP contribution is -2.05. The fraction of sp³-hybridized carbons (Fsp3) is 0.625. The van der Waals surface area contributed by atoms with Crippen LogP contribution in [-0.2, 0) is 14.6 Å². The second-order valence-electron chi connectivity index (χ2n) is 3.19. The summed E-state index contributed by atoms with van der Waals surface area (Å²) in [5.41, 5.74) is 0. The molecule has 0 rings (SSSR count). The van der Waals surface area contributed by atoms with Crippen LogP contribution in [0.5, 0.6) is 0 Å². The zero-order valence-corrected chi connectivity index (χ0v) is 8.54. The van der Waals surface area contributed by atoms with Crippen LogP contribution in [0.25, 0.3) is 0 Å². The molecule has 0 spiro atoms. The van der Waals surface area contributed by atoms with E-state index in [4.69, 9.17) is 5.11 Å². The molecule has 0 aromatic heterocycles. The topological polar surface area (TPSA) is 71.4 Å². The van der Waals surface area contributed by atoms with Gasteiger partial charge in [0.25, 0.3) is 0 Å². The smallest absolute Gasteiger partial charge is 0.329 e. The van der Waals surface area contributed by atoms with E-state index in [2.05, 4.69) is 0 Å². The molecule has 0 radical (unpaired) electrons. The molecule has 13 heavy (non-hydrogen) atoms. The van der Waals surface area contributed by atoms with Crippen LogP contribution in [0.4, 0.5) is 0 Å². The third kappa shape index (κ3) is 7.52. The molecule has 0 aliphatic rings. The molecule has 0 heterocycles. The predicted molar refractivity (Wildman–Crippen MR) is 50.0 cm³/mol. The molecule has 1 N–H and O–H groups in total. The van der Waals surface area contributed by atoms with Gasteiger partial charge in [0, 0.05) is 11.5 Å². The van der Waals surface area contributed by atoms with Gasteiger partial charge in [-0.05, 0) is 12.3 Å². The highest BCUT2D eigenvalue weighted by atomic mass is 32.2. The van der Waals surface area contributed by atoms with Crippen molar-refractivity contribution in [2.45, 2.75) is 20.3 Å². The molecular weight excluding hydrogens is 192 g/mol. The highest BCUT2D eigenvalue weighted by Crippen LogP contribution is 2.04. The molecule has 76 valence electrons. The van der Waals surface area contributed by atoms with Crippen LogP contribution in [-0.4, -0.2) is 25.2 Å². The average molecular weight is 206 g/mol. The van der Waals surface area contributed by atoms with Crippen LogP contribution in [0.3, 0.4) is 0 Å². The van der Waals surface area contributed by atoms with Crippen molar-refractivity contribution in [3.63, 3.8) is 0 Å². The Morgan fingerprint density at radius 3 is 2.38 bits per heavy atom. The Kier molecular flexibility index (Phi) is 4.69. The van der Waals surface area contributed by atoms with Gasteiger partial charge < -0.3 is 5.11 Å². The SMILES string of the molecule is CC(C)CCS(=O)(=O)/C=C/C(=O)O. The average Bonchev–Trinajstić information content (AvgIpc) is 1.98. The van der Waals surface area contributed by atoms with Gasteiger partial charge in [0.05, 0.1) is 5.75 Å². The summed E-state index contributed by atoms with van der Waals surface area (Å²) in [7, 11) is -3.33. The molecule has 0 aromatic carbocycles. The Bertz CT molecular complexity index is 287. The lowest BCUT2D eigenvalue weighted by Gasteiger charge is -2.01. The first-order valence-corrected chi connectivity index (χ1v) is 5.69. The van der Waals surface area contributed by atoms with Crippen molar-refractivity contribution < 1.29 is 18.3 Å². The quantitative estimate of drug-likeness (QED) is 0.682. The van der Waals surface area contributed by atoms with E-state index in [-0.39, 0.29) is 5.75 Å². The van der Waals surface area contributed by atoms with Crippen molar-refractivity contribution in [1.82, 2.24) is 0 Å². The zero-order valence-electron chi connectivity index (χ0n) is 7.73. The molecule has 0 unspecified atom stereocenters. The van der Waals surface area contributed by atoms with Crippen LogP contribution in [0.15, 0.2) is 11.5 Å². The fourth-order valence-electron chi connectivity index (χ4n) is 0.630. The van der Waals surface area contributed by atoms with Gasteiger partial charge in [0.2, 0.25) is 0 Å². The van der Waals surface area contributed by atoms with Crippen LogP contribution in [0.1, 0.15) is 20.3 Å². The minimum atomic E-state index is -3.33. The molecule has 0 saturated carbocycles. The summed E-state index contributed by atoms with van der Waals surface area (Å²) in [5, 5.41) is 8.95. The number of carbonyl (C=O) groups is 1. The molecule has 0 aliphatic heterocycles. The number of carboxylic acids is 1. The number of hydrogen-bond acceptors (Lipinski definition) is 3. The Balaban J connectivity index is 4.18. The number of rotatable bonds is 5. The van der Waals surface area contributed by atoms with E-state index in [0.717, 1.165) is 5.41 Å². The van der Waals surface area contributed by atoms with Crippen LogP contribution in [0, 0.1) is 5.92 Å². The Labute approximate surface area is 78.2 Å². The Morgan fingerprint density at radius 1 is 1.46 bits per heavy atom. The molecule has 0 atom stereocenters. The second kappa shape index (κ2) is 5.01. The predicted octanol–water partition coefficient (Wildman–Crippen LogP) is 1.05. The number of sulfone groups is 1. The molecule has 0 saturated heterocycles. The number of aliphatic carboxylic acids is 1. The normalized spacial score (nSPS) is 12.5. The minimum Gasteiger partial charge on any atom is -0.478 e. The van der Waals surface area contributed by atoms with E-state index >= 15 is 0 Å². The summed E-state index contributed by atoms with van der Waals surface area (Å²) in [6, 6.07) is 0. The van der Waals surface area contributed by atoms with Crippen LogP contribution < -0.4 is 0 Å². The summed E-state index contributed by atoms with van der Waals surface area (Å²) in [4.78, 5) is 10.0.